The molecule has 0 spiro atoms. The molecule has 1 aliphatic heterocycles. The Bertz CT molecular complexity index is 1290. The van der Waals surface area contributed by atoms with Gasteiger partial charge in [-0.2, -0.15) is 13.2 Å². The summed E-state index contributed by atoms with van der Waals surface area (Å²) < 4.78 is 90.1. The number of carbonyl (C=O) groups is 3. The minimum atomic E-state index is -4.75. The van der Waals surface area contributed by atoms with Crippen LogP contribution in [-0.2, 0) is 40.1 Å². The SMILES string of the molecule is COC(=O)CC(CC(=O)OC)NC(=O)CN1c2ccc(C(F)(F)F)cc2-c2ccc(F)cc2S1(=O)=O. The molecule has 2 aromatic rings. The summed E-state index contributed by atoms with van der Waals surface area (Å²) in [5.74, 6) is -3.48. The first-order chi connectivity index (χ1) is 16.8. The molecule has 36 heavy (non-hydrogen) atoms. The van der Waals surface area contributed by atoms with Crippen molar-refractivity contribution in [2.24, 2.45) is 0 Å². The first kappa shape index (κ1) is 26.9. The van der Waals surface area contributed by atoms with Crippen LogP contribution < -0.4 is 9.62 Å². The monoisotopic (exact) mass is 532 g/mol. The fourth-order valence-electron chi connectivity index (χ4n) is 3.64. The maximum absolute atomic E-state index is 13.9. The Labute approximate surface area is 203 Å². The molecule has 194 valence electrons. The zero-order chi connectivity index (χ0) is 26.8. The average molecular weight is 532 g/mol. The molecule has 0 radical (unpaired) electrons. The van der Waals surface area contributed by atoms with Gasteiger partial charge in [0.25, 0.3) is 10.0 Å². The molecule has 0 saturated heterocycles. The number of halogens is 4. The van der Waals surface area contributed by atoms with Crippen LogP contribution in [0.1, 0.15) is 18.4 Å². The standard InChI is InChI=1S/C22H20F4N2O7S/c1-34-20(30)9-14(10-21(31)35-2)27-19(29)11-28-17-6-3-12(22(24,25)26)7-16(17)15-5-4-13(23)8-18(15)36(28,32)33/h3-8,14H,9-11H2,1-2H3,(H,27,29). The fourth-order valence-corrected chi connectivity index (χ4v) is 5.30. The van der Waals surface area contributed by atoms with Crippen molar-refractivity contribution in [3.05, 3.63) is 47.8 Å². The second-order valence-corrected chi connectivity index (χ2v) is 9.54. The van der Waals surface area contributed by atoms with Gasteiger partial charge in [0.15, 0.2) is 0 Å². The molecule has 9 nitrogen and oxygen atoms in total. The van der Waals surface area contributed by atoms with E-state index in [1.165, 1.54) is 0 Å². The van der Waals surface area contributed by atoms with Gasteiger partial charge >= 0.3 is 18.1 Å². The Morgan fingerprint density at radius 2 is 1.58 bits per heavy atom. The van der Waals surface area contributed by atoms with Gasteiger partial charge in [-0.05, 0) is 30.3 Å². The maximum Gasteiger partial charge on any atom is 0.416 e. The molecular formula is C22H20F4N2O7S. The first-order valence-corrected chi connectivity index (χ1v) is 11.7. The molecule has 0 saturated carbocycles. The lowest BCUT2D eigenvalue weighted by Gasteiger charge is -2.32. The first-order valence-electron chi connectivity index (χ1n) is 10.2. The van der Waals surface area contributed by atoms with Crippen LogP contribution in [0.4, 0.5) is 23.2 Å². The molecule has 1 heterocycles. The smallest absolute Gasteiger partial charge is 0.416 e. The summed E-state index contributed by atoms with van der Waals surface area (Å²) >= 11 is 0. The molecule has 0 unspecified atom stereocenters. The zero-order valence-corrected chi connectivity index (χ0v) is 19.7. The highest BCUT2D eigenvalue weighted by Gasteiger charge is 2.39. The van der Waals surface area contributed by atoms with E-state index in [-0.39, 0.29) is 16.8 Å². The van der Waals surface area contributed by atoms with Crippen molar-refractivity contribution in [1.82, 2.24) is 5.32 Å². The van der Waals surface area contributed by atoms with Crippen LogP contribution in [0.2, 0.25) is 0 Å². The van der Waals surface area contributed by atoms with Gasteiger partial charge in [0, 0.05) is 17.2 Å². The second-order valence-electron chi connectivity index (χ2n) is 7.71. The van der Waals surface area contributed by atoms with E-state index in [1.807, 2.05) is 0 Å². The van der Waals surface area contributed by atoms with Crippen molar-refractivity contribution in [2.75, 3.05) is 25.1 Å². The molecule has 1 amide bonds. The molecule has 0 atom stereocenters. The van der Waals surface area contributed by atoms with Crippen molar-refractivity contribution < 1.29 is 49.8 Å². The lowest BCUT2D eigenvalue weighted by atomic mass is 10.00. The van der Waals surface area contributed by atoms with E-state index in [0.717, 1.165) is 32.4 Å². The Balaban J connectivity index is 2.01. The molecule has 0 bridgehead atoms. The number of methoxy groups -OCH3 is 2. The van der Waals surface area contributed by atoms with Crippen LogP contribution in [0.25, 0.3) is 11.1 Å². The number of alkyl halides is 3. The van der Waals surface area contributed by atoms with Gasteiger partial charge in [-0.1, -0.05) is 6.07 Å². The quantitative estimate of drug-likeness (QED) is 0.430. The van der Waals surface area contributed by atoms with Crippen LogP contribution in [0.15, 0.2) is 41.3 Å². The number of hydrogen-bond acceptors (Lipinski definition) is 7. The minimum absolute atomic E-state index is 0.164. The van der Waals surface area contributed by atoms with Crippen LogP contribution in [-0.4, -0.2) is 53.1 Å². The van der Waals surface area contributed by atoms with Crippen LogP contribution in [0.5, 0.6) is 0 Å². The summed E-state index contributed by atoms with van der Waals surface area (Å²) in [6.45, 7) is -0.935. The predicted octanol–water partition coefficient (Wildman–Crippen LogP) is 2.63. The van der Waals surface area contributed by atoms with Crippen molar-refractivity contribution in [3.63, 3.8) is 0 Å². The van der Waals surface area contributed by atoms with Crippen LogP contribution >= 0.6 is 0 Å². The average Bonchev–Trinajstić information content (AvgIpc) is 2.80. The van der Waals surface area contributed by atoms with Gasteiger partial charge in [0.1, 0.15) is 12.4 Å². The van der Waals surface area contributed by atoms with Crippen molar-refractivity contribution in [2.45, 2.75) is 30.0 Å². The highest BCUT2D eigenvalue weighted by molar-refractivity contribution is 7.93. The van der Waals surface area contributed by atoms with Gasteiger partial charge in [0.2, 0.25) is 5.91 Å². The third-order valence-electron chi connectivity index (χ3n) is 5.33. The fraction of sp³-hybridized carbons (Fsp3) is 0.318. The molecule has 3 rings (SSSR count). The summed E-state index contributed by atoms with van der Waals surface area (Å²) in [4.78, 5) is 35.5. The lowest BCUT2D eigenvalue weighted by Crippen LogP contribution is -2.46. The Kier molecular flexibility index (Phi) is 7.57. The van der Waals surface area contributed by atoms with E-state index in [2.05, 4.69) is 14.8 Å². The number of amides is 1. The summed E-state index contributed by atoms with van der Waals surface area (Å²) in [7, 11) is -2.41. The van der Waals surface area contributed by atoms with Crippen LogP contribution in [0.3, 0.4) is 0 Å². The molecule has 0 aliphatic carbocycles. The lowest BCUT2D eigenvalue weighted by molar-refractivity contribution is -0.143. The molecule has 2 aromatic carbocycles. The number of benzene rings is 2. The highest BCUT2D eigenvalue weighted by Crippen LogP contribution is 2.45. The highest BCUT2D eigenvalue weighted by atomic mass is 32.2. The van der Waals surface area contributed by atoms with E-state index in [0.29, 0.717) is 22.5 Å². The molecule has 1 aliphatic rings. The molecular weight excluding hydrogens is 512 g/mol. The number of hydrogen-bond donors (Lipinski definition) is 1. The predicted molar refractivity (Wildman–Crippen MR) is 117 cm³/mol. The Hall–Kier alpha value is -3.68. The number of sulfonamides is 1. The number of fused-ring (bicyclic) bond motifs is 3. The topological polar surface area (TPSA) is 119 Å². The van der Waals surface area contributed by atoms with Gasteiger partial charge in [-0.3, -0.25) is 18.7 Å². The molecule has 14 heteroatoms. The number of nitrogens with zero attached hydrogens (tertiary/aromatic N) is 1. The van der Waals surface area contributed by atoms with Crippen molar-refractivity contribution >= 4 is 33.6 Å². The summed E-state index contributed by atoms with van der Waals surface area (Å²) in [5, 5.41) is 2.33. The number of rotatable bonds is 7. The number of carbonyl (C=O) groups excluding carboxylic acids is 3. The third-order valence-corrected chi connectivity index (χ3v) is 7.13. The van der Waals surface area contributed by atoms with Gasteiger partial charge in [0.05, 0.1) is 43.2 Å². The van der Waals surface area contributed by atoms with Gasteiger partial charge in [-0.15, -0.1) is 0 Å². The van der Waals surface area contributed by atoms with E-state index in [1.54, 1.807) is 0 Å². The van der Waals surface area contributed by atoms with Crippen molar-refractivity contribution in [3.8, 4) is 11.1 Å². The van der Waals surface area contributed by atoms with E-state index in [9.17, 15) is 40.4 Å². The van der Waals surface area contributed by atoms with E-state index in [4.69, 9.17) is 0 Å². The Morgan fingerprint density at radius 1 is 0.972 bits per heavy atom. The number of ether oxygens (including phenoxy) is 2. The van der Waals surface area contributed by atoms with E-state index >= 15 is 0 Å². The summed E-state index contributed by atoms with van der Waals surface area (Å²) in [6.07, 6.45) is -5.63. The van der Waals surface area contributed by atoms with E-state index < -0.39 is 75.7 Å². The molecule has 0 aromatic heterocycles. The molecule has 0 fully saturated rings. The second kappa shape index (κ2) is 10.1. The number of nitrogens with one attached hydrogen (secondary N) is 1. The van der Waals surface area contributed by atoms with Crippen LogP contribution in [0, 0.1) is 5.82 Å². The number of anilines is 1. The molecule has 1 N–H and O–H groups in total. The minimum Gasteiger partial charge on any atom is -0.469 e. The van der Waals surface area contributed by atoms with Gasteiger partial charge in [-0.25, -0.2) is 12.8 Å². The summed E-state index contributed by atoms with van der Waals surface area (Å²) in [5.41, 5.74) is -1.65. The number of esters is 2. The summed E-state index contributed by atoms with van der Waals surface area (Å²) in [6, 6.07) is 3.74. The largest absolute Gasteiger partial charge is 0.469 e. The van der Waals surface area contributed by atoms with Gasteiger partial charge < -0.3 is 14.8 Å². The third kappa shape index (κ3) is 5.58. The van der Waals surface area contributed by atoms with Crippen molar-refractivity contribution in [1.29, 1.82) is 0 Å². The Morgan fingerprint density at radius 3 is 2.14 bits per heavy atom. The maximum atomic E-state index is 13.9. The zero-order valence-electron chi connectivity index (χ0n) is 18.9. The normalized spacial score (nSPS) is 14.0.